The lowest BCUT2D eigenvalue weighted by molar-refractivity contribution is 0.555. The van der Waals surface area contributed by atoms with Gasteiger partial charge in [-0.3, -0.25) is 4.98 Å². The number of fused-ring (bicyclic) bond motifs is 1. The number of nitrogens with two attached hydrogens (primary N) is 1. The smallest absolute Gasteiger partial charge is 0.117 e. The molecule has 0 aliphatic rings. The average Bonchev–Trinajstić information content (AvgIpc) is 2.87. The van der Waals surface area contributed by atoms with Crippen LogP contribution in [0.25, 0.3) is 22.2 Å². The first-order valence-corrected chi connectivity index (χ1v) is 9.78. The molecule has 26 heavy (non-hydrogen) atoms. The van der Waals surface area contributed by atoms with Crippen LogP contribution in [0.5, 0.6) is 0 Å². The largest absolute Gasteiger partial charge is 0.336 e. The van der Waals surface area contributed by atoms with Crippen LogP contribution in [0.2, 0.25) is 0 Å². The van der Waals surface area contributed by atoms with Gasteiger partial charge in [0, 0.05) is 28.4 Å². The highest BCUT2D eigenvalue weighted by atomic mass is 32.2. The van der Waals surface area contributed by atoms with Gasteiger partial charge < -0.3 is 10.3 Å². The predicted octanol–water partition coefficient (Wildman–Crippen LogP) is 5.24. The maximum absolute atomic E-state index is 14.2. The Morgan fingerprint density at radius 1 is 1.27 bits per heavy atom. The number of benzene rings is 1. The van der Waals surface area contributed by atoms with Crippen molar-refractivity contribution in [1.82, 2.24) is 9.55 Å². The van der Waals surface area contributed by atoms with Crippen LogP contribution in [-0.2, 0) is 6.54 Å². The molecule has 3 rings (SSSR count). The van der Waals surface area contributed by atoms with Crippen molar-refractivity contribution < 1.29 is 4.39 Å². The third-order valence-corrected chi connectivity index (χ3v) is 5.27. The standard InChI is InChI=1S/C21H24FN3S/c1-4-26-18-7-5-6-16(12-18)20-15(3)25(13-17(22)10-11-23)19-9-8-14(2)24-21(19)20/h5-10,12H,4,11,13,23H2,1-3H3/b17-10-. The van der Waals surface area contributed by atoms with E-state index in [0.717, 1.165) is 39.3 Å². The normalized spacial score (nSPS) is 12.1. The Morgan fingerprint density at radius 2 is 2.08 bits per heavy atom. The van der Waals surface area contributed by atoms with Gasteiger partial charge in [0.25, 0.3) is 0 Å². The zero-order valence-electron chi connectivity index (χ0n) is 15.4. The maximum Gasteiger partial charge on any atom is 0.117 e. The second kappa shape index (κ2) is 8.06. The van der Waals surface area contributed by atoms with Crippen LogP contribution in [0.1, 0.15) is 18.3 Å². The SMILES string of the molecule is CCSc1cccc(-c2c(C)n(C/C(F)=C/CN)c3ccc(C)nc23)c1. The maximum atomic E-state index is 14.2. The van der Waals surface area contributed by atoms with Gasteiger partial charge in [-0.25, -0.2) is 4.39 Å². The minimum atomic E-state index is -0.227. The molecule has 1 aromatic carbocycles. The number of pyridine rings is 1. The molecule has 0 amide bonds. The zero-order valence-corrected chi connectivity index (χ0v) is 16.2. The third-order valence-electron chi connectivity index (χ3n) is 4.39. The Morgan fingerprint density at radius 3 is 2.81 bits per heavy atom. The second-order valence-electron chi connectivity index (χ2n) is 6.21. The minimum Gasteiger partial charge on any atom is -0.336 e. The first-order valence-electron chi connectivity index (χ1n) is 8.79. The third kappa shape index (κ3) is 3.69. The molecule has 0 aliphatic carbocycles. The molecule has 0 spiro atoms. The van der Waals surface area contributed by atoms with Crippen LogP contribution in [-0.4, -0.2) is 21.8 Å². The van der Waals surface area contributed by atoms with E-state index in [0.29, 0.717) is 0 Å². The van der Waals surface area contributed by atoms with Gasteiger partial charge in [-0.2, -0.15) is 0 Å². The predicted molar refractivity (Wildman–Crippen MR) is 109 cm³/mol. The summed E-state index contributed by atoms with van der Waals surface area (Å²) >= 11 is 1.81. The van der Waals surface area contributed by atoms with E-state index in [1.54, 1.807) is 0 Å². The second-order valence-corrected chi connectivity index (χ2v) is 7.55. The number of halogens is 1. The van der Waals surface area contributed by atoms with E-state index in [1.807, 2.05) is 42.3 Å². The Labute approximate surface area is 158 Å². The zero-order chi connectivity index (χ0) is 18.7. The molecule has 0 bridgehead atoms. The van der Waals surface area contributed by atoms with E-state index in [9.17, 15) is 4.39 Å². The number of aromatic nitrogens is 2. The molecule has 0 saturated carbocycles. The Kier molecular flexibility index (Phi) is 5.79. The molecule has 2 aromatic heterocycles. The molecule has 0 saturated heterocycles. The highest BCUT2D eigenvalue weighted by Crippen LogP contribution is 2.35. The molecule has 2 heterocycles. The first-order chi connectivity index (χ1) is 12.5. The summed E-state index contributed by atoms with van der Waals surface area (Å²) in [5.41, 5.74) is 11.5. The Hall–Kier alpha value is -2.11. The van der Waals surface area contributed by atoms with Gasteiger partial charge in [0.1, 0.15) is 5.83 Å². The Bertz CT molecular complexity index is 959. The summed E-state index contributed by atoms with van der Waals surface area (Å²) < 4.78 is 16.2. The lowest BCUT2D eigenvalue weighted by Crippen LogP contribution is -2.03. The van der Waals surface area contributed by atoms with Crippen LogP contribution in [0.15, 0.2) is 53.2 Å². The van der Waals surface area contributed by atoms with Gasteiger partial charge in [0.15, 0.2) is 0 Å². The molecule has 3 aromatic rings. The van der Waals surface area contributed by atoms with Crippen LogP contribution < -0.4 is 5.73 Å². The molecule has 2 N–H and O–H groups in total. The first kappa shape index (κ1) is 18.7. The van der Waals surface area contributed by atoms with E-state index in [1.165, 1.54) is 11.0 Å². The highest BCUT2D eigenvalue weighted by Gasteiger charge is 2.18. The van der Waals surface area contributed by atoms with Crippen molar-refractivity contribution in [2.24, 2.45) is 5.73 Å². The summed E-state index contributed by atoms with van der Waals surface area (Å²) in [6.45, 7) is 6.53. The highest BCUT2D eigenvalue weighted by molar-refractivity contribution is 7.99. The van der Waals surface area contributed by atoms with Gasteiger partial charge >= 0.3 is 0 Å². The molecule has 0 radical (unpaired) electrons. The number of thioether (sulfide) groups is 1. The van der Waals surface area contributed by atoms with E-state index in [4.69, 9.17) is 10.7 Å². The summed E-state index contributed by atoms with van der Waals surface area (Å²) in [7, 11) is 0. The lowest BCUT2D eigenvalue weighted by atomic mass is 10.1. The van der Waals surface area contributed by atoms with E-state index in [2.05, 4.69) is 31.2 Å². The van der Waals surface area contributed by atoms with E-state index >= 15 is 0 Å². The van der Waals surface area contributed by atoms with E-state index < -0.39 is 0 Å². The number of aryl methyl sites for hydroxylation is 1. The van der Waals surface area contributed by atoms with Crippen molar-refractivity contribution in [2.45, 2.75) is 32.2 Å². The topological polar surface area (TPSA) is 43.8 Å². The summed E-state index contributed by atoms with van der Waals surface area (Å²) in [6.07, 6.45) is 1.42. The number of allylic oxidation sites excluding steroid dienone is 1. The average molecular weight is 370 g/mol. The summed E-state index contributed by atoms with van der Waals surface area (Å²) in [4.78, 5) is 6.00. The fourth-order valence-corrected chi connectivity index (χ4v) is 3.96. The van der Waals surface area contributed by atoms with Crippen molar-refractivity contribution in [3.05, 3.63) is 59.7 Å². The fourth-order valence-electron chi connectivity index (χ4n) is 3.24. The van der Waals surface area contributed by atoms with Gasteiger partial charge in [-0.05, 0) is 55.5 Å². The molecular weight excluding hydrogens is 345 g/mol. The summed E-state index contributed by atoms with van der Waals surface area (Å²) in [5.74, 6) is 0.798. The summed E-state index contributed by atoms with van der Waals surface area (Å²) in [5, 5.41) is 0. The van der Waals surface area contributed by atoms with Crippen molar-refractivity contribution in [1.29, 1.82) is 0 Å². The van der Waals surface area contributed by atoms with Gasteiger partial charge in [0.05, 0.1) is 17.6 Å². The lowest BCUT2D eigenvalue weighted by Gasteiger charge is -2.08. The molecule has 0 atom stereocenters. The monoisotopic (exact) mass is 369 g/mol. The molecule has 0 unspecified atom stereocenters. The quantitative estimate of drug-likeness (QED) is 0.604. The van der Waals surface area contributed by atoms with Crippen molar-refractivity contribution in [3.8, 4) is 11.1 Å². The molecule has 0 fully saturated rings. The summed E-state index contributed by atoms with van der Waals surface area (Å²) in [6, 6.07) is 12.5. The minimum absolute atomic E-state index is 0.174. The number of nitrogens with zero attached hydrogens (tertiary/aromatic N) is 2. The molecular formula is C21H24FN3S. The fraction of sp³-hybridized carbons (Fsp3) is 0.286. The number of hydrogen-bond acceptors (Lipinski definition) is 3. The number of hydrogen-bond donors (Lipinski definition) is 1. The molecule has 136 valence electrons. The van der Waals surface area contributed by atoms with Crippen LogP contribution in [0.4, 0.5) is 4.39 Å². The Balaban J connectivity index is 2.22. The molecule has 3 nitrogen and oxygen atoms in total. The van der Waals surface area contributed by atoms with Crippen LogP contribution in [0, 0.1) is 13.8 Å². The van der Waals surface area contributed by atoms with E-state index in [-0.39, 0.29) is 18.9 Å². The van der Waals surface area contributed by atoms with Gasteiger partial charge in [-0.15, -0.1) is 11.8 Å². The molecule has 5 heteroatoms. The van der Waals surface area contributed by atoms with Gasteiger partial charge in [0.2, 0.25) is 0 Å². The van der Waals surface area contributed by atoms with Crippen molar-refractivity contribution in [3.63, 3.8) is 0 Å². The van der Waals surface area contributed by atoms with Gasteiger partial charge in [-0.1, -0.05) is 19.1 Å². The molecule has 0 aliphatic heterocycles. The van der Waals surface area contributed by atoms with Crippen LogP contribution in [0.3, 0.4) is 0 Å². The van der Waals surface area contributed by atoms with Crippen molar-refractivity contribution >= 4 is 22.8 Å². The number of rotatable bonds is 6. The van der Waals surface area contributed by atoms with Crippen molar-refractivity contribution in [2.75, 3.05) is 12.3 Å². The van der Waals surface area contributed by atoms with Crippen LogP contribution >= 0.6 is 11.8 Å².